The summed E-state index contributed by atoms with van der Waals surface area (Å²) in [5, 5.41) is 3.31. The molecule has 2 rings (SSSR count). The van der Waals surface area contributed by atoms with Gasteiger partial charge in [0.2, 0.25) is 5.91 Å². The summed E-state index contributed by atoms with van der Waals surface area (Å²) in [5.41, 5.74) is 1.14. The molecule has 2 heterocycles. The maximum atomic E-state index is 12.2. The van der Waals surface area contributed by atoms with Gasteiger partial charge in [-0.25, -0.2) is 0 Å². The molecule has 0 unspecified atom stereocenters. The van der Waals surface area contributed by atoms with Crippen molar-refractivity contribution in [3.63, 3.8) is 0 Å². The summed E-state index contributed by atoms with van der Waals surface area (Å²) in [6, 6.07) is 2.18. The highest BCUT2D eigenvalue weighted by Gasteiger charge is 2.21. The van der Waals surface area contributed by atoms with E-state index >= 15 is 0 Å². The minimum Gasteiger partial charge on any atom is -0.466 e. The Morgan fingerprint density at radius 1 is 1.55 bits per heavy atom. The lowest BCUT2D eigenvalue weighted by Crippen LogP contribution is -2.43. The van der Waals surface area contributed by atoms with Crippen molar-refractivity contribution in [2.75, 3.05) is 19.6 Å². The van der Waals surface area contributed by atoms with Gasteiger partial charge in [0.25, 0.3) is 0 Å². The third-order valence-corrected chi connectivity index (χ3v) is 4.12. The first-order valence-corrected chi connectivity index (χ1v) is 7.55. The monoisotopic (exact) mass is 278 g/mol. The van der Waals surface area contributed by atoms with Crippen LogP contribution in [0.4, 0.5) is 0 Å². The second-order valence-corrected chi connectivity index (χ2v) is 6.06. The van der Waals surface area contributed by atoms with Gasteiger partial charge in [-0.15, -0.1) is 0 Å². The van der Waals surface area contributed by atoms with Crippen LogP contribution in [0.1, 0.15) is 49.8 Å². The Balaban J connectivity index is 1.85. The lowest BCUT2D eigenvalue weighted by molar-refractivity contribution is -0.132. The number of piperidine rings is 1. The van der Waals surface area contributed by atoms with Crippen molar-refractivity contribution in [2.24, 2.45) is 5.92 Å². The van der Waals surface area contributed by atoms with E-state index in [0.717, 1.165) is 36.6 Å². The van der Waals surface area contributed by atoms with Crippen molar-refractivity contribution in [3.8, 4) is 0 Å². The summed E-state index contributed by atoms with van der Waals surface area (Å²) in [4.78, 5) is 14.2. The first kappa shape index (κ1) is 15.1. The molecule has 1 fully saturated rings. The fraction of sp³-hybridized carbons (Fsp3) is 0.688. The standard InChI is InChI=1S/C16H26N2O2/c1-11-6-5-7-18(10-11)16(19)9-17-13(3)15-8-12(2)20-14(15)4/h8,11,13,17H,5-7,9-10H2,1-4H3/t11-,13-/m1/s1. The van der Waals surface area contributed by atoms with Gasteiger partial charge >= 0.3 is 0 Å². The van der Waals surface area contributed by atoms with Crippen LogP contribution in [0.15, 0.2) is 10.5 Å². The highest BCUT2D eigenvalue weighted by Crippen LogP contribution is 2.21. The van der Waals surface area contributed by atoms with E-state index in [2.05, 4.69) is 19.2 Å². The summed E-state index contributed by atoms with van der Waals surface area (Å²) in [5.74, 6) is 2.69. The molecule has 0 aliphatic carbocycles. The molecule has 1 N–H and O–H groups in total. The van der Waals surface area contributed by atoms with Crippen molar-refractivity contribution in [2.45, 2.75) is 46.6 Å². The predicted octanol–water partition coefficient (Wildman–Crippen LogP) is 2.81. The Bertz CT molecular complexity index is 467. The number of carbonyl (C=O) groups is 1. The number of furan rings is 1. The third kappa shape index (κ3) is 3.63. The molecule has 0 bridgehead atoms. The van der Waals surface area contributed by atoms with E-state index in [0.29, 0.717) is 12.5 Å². The highest BCUT2D eigenvalue weighted by atomic mass is 16.3. The van der Waals surface area contributed by atoms with E-state index in [1.807, 2.05) is 24.8 Å². The topological polar surface area (TPSA) is 45.5 Å². The molecule has 0 aromatic carbocycles. The van der Waals surface area contributed by atoms with Gasteiger partial charge in [-0.3, -0.25) is 4.79 Å². The average molecular weight is 278 g/mol. The summed E-state index contributed by atoms with van der Waals surface area (Å²) < 4.78 is 5.54. The van der Waals surface area contributed by atoms with Crippen LogP contribution in [0.2, 0.25) is 0 Å². The number of hydrogen-bond acceptors (Lipinski definition) is 3. The summed E-state index contributed by atoms with van der Waals surface area (Å²) in [6.45, 7) is 10.4. The Hall–Kier alpha value is -1.29. The van der Waals surface area contributed by atoms with E-state index in [4.69, 9.17) is 4.42 Å². The molecule has 0 saturated carbocycles. The number of nitrogens with one attached hydrogen (secondary N) is 1. The van der Waals surface area contributed by atoms with Gasteiger partial charge in [0.15, 0.2) is 0 Å². The van der Waals surface area contributed by atoms with E-state index in [-0.39, 0.29) is 11.9 Å². The molecule has 4 nitrogen and oxygen atoms in total. The van der Waals surface area contributed by atoms with Crippen molar-refractivity contribution in [1.82, 2.24) is 10.2 Å². The van der Waals surface area contributed by atoms with Crippen molar-refractivity contribution < 1.29 is 9.21 Å². The second kappa shape index (κ2) is 6.44. The zero-order valence-electron chi connectivity index (χ0n) is 13.0. The zero-order chi connectivity index (χ0) is 14.7. The number of rotatable bonds is 4. The molecular formula is C16H26N2O2. The van der Waals surface area contributed by atoms with Crippen LogP contribution in [-0.4, -0.2) is 30.4 Å². The van der Waals surface area contributed by atoms with Gasteiger partial charge < -0.3 is 14.6 Å². The Kier molecular flexibility index (Phi) is 4.86. The Labute approximate surface area is 121 Å². The SMILES string of the molecule is Cc1cc([C@@H](C)NCC(=O)N2CCC[C@@H](C)C2)c(C)o1. The maximum Gasteiger partial charge on any atom is 0.236 e. The van der Waals surface area contributed by atoms with E-state index in [1.54, 1.807) is 0 Å². The van der Waals surface area contributed by atoms with Gasteiger partial charge in [0.1, 0.15) is 11.5 Å². The van der Waals surface area contributed by atoms with Crippen LogP contribution in [-0.2, 0) is 4.79 Å². The van der Waals surface area contributed by atoms with Crippen LogP contribution < -0.4 is 5.32 Å². The number of nitrogens with zero attached hydrogens (tertiary/aromatic N) is 1. The lowest BCUT2D eigenvalue weighted by atomic mass is 10.0. The number of hydrogen-bond donors (Lipinski definition) is 1. The quantitative estimate of drug-likeness (QED) is 0.921. The third-order valence-electron chi connectivity index (χ3n) is 4.12. The molecule has 1 saturated heterocycles. The minimum atomic E-state index is 0.138. The smallest absolute Gasteiger partial charge is 0.236 e. The van der Waals surface area contributed by atoms with Crippen molar-refractivity contribution in [1.29, 1.82) is 0 Å². The molecule has 4 heteroatoms. The Morgan fingerprint density at radius 3 is 2.90 bits per heavy atom. The van der Waals surface area contributed by atoms with Gasteiger partial charge in [-0.1, -0.05) is 6.92 Å². The minimum absolute atomic E-state index is 0.138. The molecule has 1 aromatic heterocycles. The van der Waals surface area contributed by atoms with E-state index < -0.39 is 0 Å². The van der Waals surface area contributed by atoms with Crippen LogP contribution in [0.5, 0.6) is 0 Å². The number of carbonyl (C=O) groups excluding carboxylic acids is 1. The number of aryl methyl sites for hydroxylation is 2. The molecular weight excluding hydrogens is 252 g/mol. The molecule has 112 valence electrons. The summed E-state index contributed by atoms with van der Waals surface area (Å²) >= 11 is 0. The molecule has 1 amide bonds. The predicted molar refractivity (Wildman–Crippen MR) is 79.6 cm³/mol. The van der Waals surface area contributed by atoms with Crippen LogP contribution >= 0.6 is 0 Å². The second-order valence-electron chi connectivity index (χ2n) is 6.06. The van der Waals surface area contributed by atoms with Crippen molar-refractivity contribution in [3.05, 3.63) is 23.2 Å². The lowest BCUT2D eigenvalue weighted by Gasteiger charge is -2.31. The van der Waals surface area contributed by atoms with Crippen LogP contribution in [0.25, 0.3) is 0 Å². The maximum absolute atomic E-state index is 12.2. The highest BCUT2D eigenvalue weighted by molar-refractivity contribution is 5.78. The average Bonchev–Trinajstić information content (AvgIpc) is 2.74. The van der Waals surface area contributed by atoms with Crippen LogP contribution in [0, 0.1) is 19.8 Å². The van der Waals surface area contributed by atoms with Gasteiger partial charge in [0.05, 0.1) is 6.54 Å². The molecule has 2 atom stereocenters. The first-order chi connectivity index (χ1) is 9.47. The van der Waals surface area contributed by atoms with Gasteiger partial charge in [0, 0.05) is 24.7 Å². The first-order valence-electron chi connectivity index (χ1n) is 7.55. The normalized spacial score (nSPS) is 21.0. The fourth-order valence-electron chi connectivity index (χ4n) is 2.96. The van der Waals surface area contributed by atoms with Crippen molar-refractivity contribution >= 4 is 5.91 Å². The zero-order valence-corrected chi connectivity index (χ0v) is 13.0. The molecule has 1 aliphatic heterocycles. The number of likely N-dealkylation sites (tertiary alicyclic amines) is 1. The Morgan fingerprint density at radius 2 is 2.30 bits per heavy atom. The molecule has 20 heavy (non-hydrogen) atoms. The number of amides is 1. The summed E-state index contributed by atoms with van der Waals surface area (Å²) in [6.07, 6.45) is 2.36. The van der Waals surface area contributed by atoms with E-state index in [9.17, 15) is 4.79 Å². The van der Waals surface area contributed by atoms with Gasteiger partial charge in [-0.05, 0) is 45.6 Å². The molecule has 0 radical (unpaired) electrons. The summed E-state index contributed by atoms with van der Waals surface area (Å²) in [7, 11) is 0. The molecule has 1 aliphatic rings. The molecule has 1 aromatic rings. The van der Waals surface area contributed by atoms with E-state index in [1.165, 1.54) is 6.42 Å². The van der Waals surface area contributed by atoms with Gasteiger partial charge in [-0.2, -0.15) is 0 Å². The largest absolute Gasteiger partial charge is 0.466 e. The van der Waals surface area contributed by atoms with Crippen LogP contribution in [0.3, 0.4) is 0 Å². The fourth-order valence-corrected chi connectivity index (χ4v) is 2.96. The molecule has 0 spiro atoms.